The SMILES string of the molecule is CCNc1ccc(Cl)cc1C(=O)N1CC(C)CC(C)C1C. The number of piperidine rings is 1. The first-order valence-corrected chi connectivity index (χ1v) is 8.16. The number of anilines is 1. The summed E-state index contributed by atoms with van der Waals surface area (Å²) >= 11 is 6.10. The van der Waals surface area contributed by atoms with Crippen molar-refractivity contribution in [3.8, 4) is 0 Å². The minimum atomic E-state index is 0.0827. The van der Waals surface area contributed by atoms with E-state index in [-0.39, 0.29) is 11.9 Å². The Hall–Kier alpha value is -1.22. The number of benzene rings is 1. The highest BCUT2D eigenvalue weighted by molar-refractivity contribution is 6.31. The highest BCUT2D eigenvalue weighted by atomic mass is 35.5. The predicted octanol–water partition coefficient (Wildman–Crippen LogP) is 4.28. The fourth-order valence-electron chi connectivity index (χ4n) is 3.18. The molecule has 1 aliphatic rings. The molecule has 1 aromatic carbocycles. The van der Waals surface area contributed by atoms with E-state index in [2.05, 4.69) is 26.1 Å². The number of amides is 1. The van der Waals surface area contributed by atoms with Gasteiger partial charge in [-0.2, -0.15) is 0 Å². The first kappa shape index (κ1) is 16.2. The van der Waals surface area contributed by atoms with Crippen molar-refractivity contribution in [2.24, 2.45) is 11.8 Å². The molecule has 3 atom stereocenters. The minimum absolute atomic E-state index is 0.0827. The number of likely N-dealkylation sites (tertiary alicyclic amines) is 1. The average Bonchev–Trinajstić information content (AvgIpc) is 2.44. The number of hydrogen-bond acceptors (Lipinski definition) is 2. The molecule has 1 N–H and O–H groups in total. The van der Waals surface area contributed by atoms with Gasteiger partial charge in [-0.25, -0.2) is 0 Å². The lowest BCUT2D eigenvalue weighted by Gasteiger charge is -2.41. The topological polar surface area (TPSA) is 32.3 Å². The zero-order valence-electron chi connectivity index (χ0n) is 13.3. The van der Waals surface area contributed by atoms with Crippen LogP contribution in [0.3, 0.4) is 0 Å². The zero-order valence-corrected chi connectivity index (χ0v) is 14.1. The molecule has 1 aliphatic heterocycles. The summed E-state index contributed by atoms with van der Waals surface area (Å²) in [4.78, 5) is 15.0. The third-order valence-corrected chi connectivity index (χ3v) is 4.67. The standard InChI is InChI=1S/C17H25ClN2O/c1-5-19-16-7-6-14(18)9-15(16)17(21)20-10-11(2)8-12(3)13(20)4/h6-7,9,11-13,19H,5,8,10H2,1-4H3. The summed E-state index contributed by atoms with van der Waals surface area (Å²) in [7, 11) is 0. The molecule has 1 heterocycles. The summed E-state index contributed by atoms with van der Waals surface area (Å²) in [6.07, 6.45) is 1.18. The number of rotatable bonds is 3. The van der Waals surface area contributed by atoms with E-state index in [9.17, 15) is 4.79 Å². The number of nitrogens with one attached hydrogen (secondary N) is 1. The minimum Gasteiger partial charge on any atom is -0.385 e. The summed E-state index contributed by atoms with van der Waals surface area (Å²) in [6.45, 7) is 10.2. The summed E-state index contributed by atoms with van der Waals surface area (Å²) in [5, 5.41) is 3.86. The number of halogens is 1. The maximum absolute atomic E-state index is 13.0. The van der Waals surface area contributed by atoms with Crippen molar-refractivity contribution in [2.45, 2.75) is 40.2 Å². The van der Waals surface area contributed by atoms with Crippen LogP contribution in [0.4, 0.5) is 5.69 Å². The molecule has 1 aromatic rings. The van der Waals surface area contributed by atoms with Crippen LogP contribution in [0.2, 0.25) is 5.02 Å². The van der Waals surface area contributed by atoms with Crippen LogP contribution in [-0.2, 0) is 0 Å². The molecule has 3 unspecified atom stereocenters. The second kappa shape index (κ2) is 6.69. The third-order valence-electron chi connectivity index (χ3n) is 4.44. The molecule has 0 spiro atoms. The second-order valence-electron chi connectivity index (χ2n) is 6.24. The van der Waals surface area contributed by atoms with E-state index in [1.807, 2.05) is 24.0 Å². The van der Waals surface area contributed by atoms with Gasteiger partial charge in [0.1, 0.15) is 0 Å². The Kier molecular flexibility index (Phi) is 5.15. The van der Waals surface area contributed by atoms with Crippen LogP contribution < -0.4 is 5.32 Å². The van der Waals surface area contributed by atoms with E-state index in [1.165, 1.54) is 6.42 Å². The van der Waals surface area contributed by atoms with Gasteiger partial charge in [0.05, 0.1) is 5.56 Å². The summed E-state index contributed by atoms with van der Waals surface area (Å²) in [6, 6.07) is 5.75. The van der Waals surface area contributed by atoms with Gasteiger partial charge in [0.25, 0.3) is 5.91 Å². The van der Waals surface area contributed by atoms with E-state index in [1.54, 1.807) is 6.07 Å². The van der Waals surface area contributed by atoms with E-state index >= 15 is 0 Å². The van der Waals surface area contributed by atoms with Crippen LogP contribution in [-0.4, -0.2) is 29.9 Å². The summed E-state index contributed by atoms with van der Waals surface area (Å²) in [5.74, 6) is 1.15. The van der Waals surface area contributed by atoms with E-state index in [0.717, 1.165) is 18.8 Å². The maximum atomic E-state index is 13.0. The molecule has 1 fully saturated rings. The van der Waals surface area contributed by atoms with Crippen molar-refractivity contribution >= 4 is 23.2 Å². The number of carbonyl (C=O) groups is 1. The molecule has 2 rings (SSSR count). The Morgan fingerprint density at radius 3 is 2.76 bits per heavy atom. The van der Waals surface area contributed by atoms with Crippen molar-refractivity contribution < 1.29 is 4.79 Å². The lowest BCUT2D eigenvalue weighted by atomic mass is 9.85. The first-order chi connectivity index (χ1) is 9.93. The average molecular weight is 309 g/mol. The normalized spacial score (nSPS) is 25.8. The Bertz CT molecular complexity index is 518. The Labute approximate surface area is 132 Å². The van der Waals surface area contributed by atoms with Crippen LogP contribution in [0.5, 0.6) is 0 Å². The van der Waals surface area contributed by atoms with Gasteiger partial charge in [0.15, 0.2) is 0 Å². The molecule has 0 saturated carbocycles. The van der Waals surface area contributed by atoms with E-state index in [4.69, 9.17) is 11.6 Å². The van der Waals surface area contributed by atoms with Gasteiger partial charge in [-0.1, -0.05) is 25.4 Å². The predicted molar refractivity (Wildman–Crippen MR) is 89.1 cm³/mol. The molecular weight excluding hydrogens is 284 g/mol. The van der Waals surface area contributed by atoms with Gasteiger partial charge in [-0.3, -0.25) is 4.79 Å². The van der Waals surface area contributed by atoms with Crippen molar-refractivity contribution in [2.75, 3.05) is 18.4 Å². The Morgan fingerprint density at radius 2 is 2.10 bits per heavy atom. The van der Waals surface area contributed by atoms with Crippen molar-refractivity contribution in [3.05, 3.63) is 28.8 Å². The highest BCUT2D eigenvalue weighted by Gasteiger charge is 2.33. The first-order valence-electron chi connectivity index (χ1n) is 7.78. The smallest absolute Gasteiger partial charge is 0.256 e. The third kappa shape index (κ3) is 3.52. The van der Waals surface area contributed by atoms with Crippen molar-refractivity contribution in [3.63, 3.8) is 0 Å². The molecule has 0 aromatic heterocycles. The van der Waals surface area contributed by atoms with Crippen LogP contribution in [0.15, 0.2) is 18.2 Å². The molecule has 4 heteroatoms. The monoisotopic (exact) mass is 308 g/mol. The molecule has 21 heavy (non-hydrogen) atoms. The fourth-order valence-corrected chi connectivity index (χ4v) is 3.35. The van der Waals surface area contributed by atoms with E-state index < -0.39 is 0 Å². The molecular formula is C17H25ClN2O. The van der Waals surface area contributed by atoms with Crippen LogP contribution >= 0.6 is 11.6 Å². The maximum Gasteiger partial charge on any atom is 0.256 e. The molecule has 1 saturated heterocycles. The van der Waals surface area contributed by atoms with Gasteiger partial charge < -0.3 is 10.2 Å². The molecule has 1 amide bonds. The lowest BCUT2D eigenvalue weighted by Crippen LogP contribution is -2.49. The lowest BCUT2D eigenvalue weighted by molar-refractivity contribution is 0.0456. The van der Waals surface area contributed by atoms with Crippen LogP contribution in [0.1, 0.15) is 44.5 Å². The summed E-state index contributed by atoms with van der Waals surface area (Å²) < 4.78 is 0. The molecule has 0 aliphatic carbocycles. The van der Waals surface area contributed by atoms with Gasteiger partial charge in [-0.05, 0) is 50.3 Å². The molecule has 116 valence electrons. The van der Waals surface area contributed by atoms with Crippen LogP contribution in [0, 0.1) is 11.8 Å². The van der Waals surface area contributed by atoms with Gasteiger partial charge in [0, 0.05) is 29.8 Å². The molecule has 0 radical (unpaired) electrons. The van der Waals surface area contributed by atoms with Gasteiger partial charge in [-0.15, -0.1) is 0 Å². The zero-order chi connectivity index (χ0) is 15.6. The van der Waals surface area contributed by atoms with Gasteiger partial charge >= 0.3 is 0 Å². The molecule has 3 nitrogen and oxygen atoms in total. The largest absolute Gasteiger partial charge is 0.385 e. The number of nitrogens with zero attached hydrogens (tertiary/aromatic N) is 1. The quantitative estimate of drug-likeness (QED) is 0.904. The van der Waals surface area contributed by atoms with Crippen molar-refractivity contribution in [1.29, 1.82) is 0 Å². The van der Waals surface area contributed by atoms with Gasteiger partial charge in [0.2, 0.25) is 0 Å². The fraction of sp³-hybridized carbons (Fsp3) is 0.588. The van der Waals surface area contributed by atoms with Crippen molar-refractivity contribution in [1.82, 2.24) is 4.90 Å². The summed E-state index contributed by atoms with van der Waals surface area (Å²) in [5.41, 5.74) is 1.54. The second-order valence-corrected chi connectivity index (χ2v) is 6.67. The molecule has 0 bridgehead atoms. The highest BCUT2D eigenvalue weighted by Crippen LogP contribution is 2.30. The Morgan fingerprint density at radius 1 is 1.38 bits per heavy atom. The van der Waals surface area contributed by atoms with Crippen LogP contribution in [0.25, 0.3) is 0 Å². The number of hydrogen-bond donors (Lipinski definition) is 1. The Balaban J connectivity index is 2.32. The number of carbonyl (C=O) groups excluding carboxylic acids is 1. The van der Waals surface area contributed by atoms with E-state index in [0.29, 0.717) is 22.4 Å².